The summed E-state index contributed by atoms with van der Waals surface area (Å²) in [6.07, 6.45) is 3.39. The van der Waals surface area contributed by atoms with E-state index in [0.717, 1.165) is 31.9 Å². The summed E-state index contributed by atoms with van der Waals surface area (Å²) in [7, 11) is 0. The van der Waals surface area contributed by atoms with Gasteiger partial charge in [-0.25, -0.2) is 9.97 Å². The zero-order valence-corrected chi connectivity index (χ0v) is 12.8. The van der Waals surface area contributed by atoms with E-state index < -0.39 is 0 Å². The van der Waals surface area contributed by atoms with E-state index in [0.29, 0.717) is 0 Å². The number of benzene rings is 2. The Balaban J connectivity index is 2.16. The fourth-order valence-electron chi connectivity index (χ4n) is 2.04. The molecular weight excluding hydrogens is 336 g/mol. The summed E-state index contributed by atoms with van der Waals surface area (Å²) in [6.45, 7) is 0. The van der Waals surface area contributed by atoms with Gasteiger partial charge in [0.2, 0.25) is 0 Å². The summed E-state index contributed by atoms with van der Waals surface area (Å²) in [6, 6.07) is 15.8. The van der Waals surface area contributed by atoms with Crippen molar-refractivity contribution in [2.24, 2.45) is 0 Å². The van der Waals surface area contributed by atoms with Gasteiger partial charge in [-0.2, -0.15) is 0 Å². The van der Waals surface area contributed by atoms with Gasteiger partial charge in [-0.05, 0) is 29.8 Å². The van der Waals surface area contributed by atoms with E-state index in [1.54, 1.807) is 6.33 Å². The third kappa shape index (κ3) is 2.74. The fourth-order valence-corrected chi connectivity index (χ4v) is 2.56. The van der Waals surface area contributed by atoms with Crippen molar-refractivity contribution < 1.29 is 0 Å². The van der Waals surface area contributed by atoms with Gasteiger partial charge in [0.15, 0.2) is 0 Å². The lowest BCUT2D eigenvalue weighted by atomic mass is 10.0. The van der Waals surface area contributed by atoms with Gasteiger partial charge in [-0.15, -0.1) is 0 Å². The fraction of sp³-hybridized carbons (Fsp3) is 0. The minimum Gasteiger partial charge on any atom is -0.244 e. The molecule has 0 saturated heterocycles. The quantitative estimate of drug-likeness (QED) is 0.636. The minimum atomic E-state index is 0.717. The Hall–Kier alpha value is -1.71. The molecule has 1 heterocycles. The first-order valence-corrected chi connectivity index (χ1v) is 7.23. The molecule has 0 aliphatic carbocycles. The monoisotopic (exact) mass is 344 g/mol. The number of halogens is 2. The first-order valence-electron chi connectivity index (χ1n) is 6.06. The second-order valence-corrected chi connectivity index (χ2v) is 5.65. The van der Waals surface area contributed by atoms with Gasteiger partial charge < -0.3 is 0 Å². The number of rotatable bonds is 2. The van der Waals surface area contributed by atoms with Crippen molar-refractivity contribution >= 4 is 27.5 Å². The number of hydrogen-bond donors (Lipinski definition) is 0. The highest BCUT2D eigenvalue weighted by molar-refractivity contribution is 9.10. The molecule has 20 heavy (non-hydrogen) atoms. The Morgan fingerprint density at radius 2 is 1.75 bits per heavy atom. The maximum Gasteiger partial charge on any atom is 0.116 e. The summed E-state index contributed by atoms with van der Waals surface area (Å²) in [4.78, 5) is 8.56. The summed E-state index contributed by atoms with van der Waals surface area (Å²) in [5.41, 5.74) is 3.99. The zero-order chi connectivity index (χ0) is 13.9. The molecule has 0 fully saturated rings. The molecule has 0 unspecified atom stereocenters. The molecule has 0 saturated carbocycles. The van der Waals surface area contributed by atoms with Crippen molar-refractivity contribution in [2.45, 2.75) is 0 Å². The standard InChI is InChI=1S/C16H10BrClN2/c17-13-3-1-2-12(8-13)16-15(9-19-10-20-16)11-4-6-14(18)7-5-11/h1-10H. The van der Waals surface area contributed by atoms with E-state index in [1.165, 1.54) is 0 Å². The molecule has 0 atom stereocenters. The van der Waals surface area contributed by atoms with E-state index in [9.17, 15) is 0 Å². The Morgan fingerprint density at radius 3 is 2.50 bits per heavy atom. The minimum absolute atomic E-state index is 0.717. The molecule has 3 rings (SSSR count). The van der Waals surface area contributed by atoms with Gasteiger partial charge in [-0.3, -0.25) is 0 Å². The predicted molar refractivity (Wildman–Crippen MR) is 85.6 cm³/mol. The Bertz CT molecular complexity index is 741. The summed E-state index contributed by atoms with van der Waals surface area (Å²) >= 11 is 9.43. The van der Waals surface area contributed by atoms with Crippen molar-refractivity contribution in [3.63, 3.8) is 0 Å². The van der Waals surface area contributed by atoms with Crippen LogP contribution in [0.2, 0.25) is 5.02 Å². The van der Waals surface area contributed by atoms with Gasteiger partial charge in [0, 0.05) is 26.8 Å². The van der Waals surface area contributed by atoms with Crippen LogP contribution in [0.15, 0.2) is 65.5 Å². The van der Waals surface area contributed by atoms with E-state index in [-0.39, 0.29) is 0 Å². The number of hydrogen-bond acceptors (Lipinski definition) is 2. The van der Waals surface area contributed by atoms with Gasteiger partial charge in [-0.1, -0.05) is 51.8 Å². The van der Waals surface area contributed by atoms with Crippen molar-refractivity contribution in [3.8, 4) is 22.4 Å². The molecule has 98 valence electrons. The van der Waals surface area contributed by atoms with Crippen molar-refractivity contribution in [2.75, 3.05) is 0 Å². The van der Waals surface area contributed by atoms with Crippen LogP contribution in [0, 0.1) is 0 Å². The second kappa shape index (κ2) is 5.73. The normalized spacial score (nSPS) is 10.5. The van der Waals surface area contributed by atoms with Gasteiger partial charge in [0.25, 0.3) is 0 Å². The third-order valence-electron chi connectivity index (χ3n) is 2.97. The average molecular weight is 346 g/mol. The first-order chi connectivity index (χ1) is 9.74. The van der Waals surface area contributed by atoms with Gasteiger partial charge >= 0.3 is 0 Å². The number of aromatic nitrogens is 2. The van der Waals surface area contributed by atoms with E-state index in [4.69, 9.17) is 11.6 Å². The molecule has 0 amide bonds. The molecule has 0 aliphatic rings. The summed E-state index contributed by atoms with van der Waals surface area (Å²) in [5, 5.41) is 0.717. The zero-order valence-electron chi connectivity index (χ0n) is 10.4. The van der Waals surface area contributed by atoms with Gasteiger partial charge in [0.05, 0.1) is 5.69 Å². The van der Waals surface area contributed by atoms with Gasteiger partial charge in [0.1, 0.15) is 6.33 Å². The molecule has 0 bridgehead atoms. The van der Waals surface area contributed by atoms with Crippen LogP contribution in [0.3, 0.4) is 0 Å². The van der Waals surface area contributed by atoms with Crippen molar-refractivity contribution in [3.05, 3.63) is 70.6 Å². The lowest BCUT2D eigenvalue weighted by molar-refractivity contribution is 1.17. The maximum atomic E-state index is 5.94. The van der Waals surface area contributed by atoms with E-state index >= 15 is 0 Å². The molecule has 0 radical (unpaired) electrons. The molecule has 0 aliphatic heterocycles. The largest absolute Gasteiger partial charge is 0.244 e. The van der Waals surface area contributed by atoms with Crippen LogP contribution in [0.25, 0.3) is 22.4 Å². The topological polar surface area (TPSA) is 25.8 Å². The first kappa shape index (κ1) is 13.3. The van der Waals surface area contributed by atoms with Crippen LogP contribution in [-0.2, 0) is 0 Å². The van der Waals surface area contributed by atoms with Crippen LogP contribution < -0.4 is 0 Å². The number of nitrogens with zero attached hydrogens (tertiary/aromatic N) is 2. The predicted octanol–water partition coefficient (Wildman–Crippen LogP) is 5.23. The van der Waals surface area contributed by atoms with Crippen LogP contribution in [0.5, 0.6) is 0 Å². The average Bonchev–Trinajstić information content (AvgIpc) is 2.48. The highest BCUT2D eigenvalue weighted by Crippen LogP contribution is 2.31. The third-order valence-corrected chi connectivity index (χ3v) is 3.71. The van der Waals surface area contributed by atoms with E-state index in [1.807, 2.05) is 54.7 Å². The lowest BCUT2D eigenvalue weighted by Crippen LogP contribution is -1.90. The maximum absolute atomic E-state index is 5.94. The molecule has 0 spiro atoms. The van der Waals surface area contributed by atoms with Crippen molar-refractivity contribution in [1.82, 2.24) is 9.97 Å². The summed E-state index contributed by atoms with van der Waals surface area (Å²) < 4.78 is 1.02. The molecule has 4 heteroatoms. The smallest absolute Gasteiger partial charge is 0.116 e. The Kier molecular flexibility index (Phi) is 3.81. The van der Waals surface area contributed by atoms with Crippen LogP contribution in [0.1, 0.15) is 0 Å². The van der Waals surface area contributed by atoms with Crippen LogP contribution >= 0.6 is 27.5 Å². The Labute approximate surface area is 130 Å². The van der Waals surface area contributed by atoms with Crippen LogP contribution in [0.4, 0.5) is 0 Å². The molecule has 1 aromatic heterocycles. The molecule has 2 aromatic carbocycles. The molecule has 2 nitrogen and oxygen atoms in total. The highest BCUT2D eigenvalue weighted by Gasteiger charge is 2.09. The molecular formula is C16H10BrClN2. The lowest BCUT2D eigenvalue weighted by Gasteiger charge is -2.08. The van der Waals surface area contributed by atoms with E-state index in [2.05, 4.69) is 25.9 Å². The summed E-state index contributed by atoms with van der Waals surface area (Å²) in [5.74, 6) is 0. The molecule has 3 aromatic rings. The highest BCUT2D eigenvalue weighted by atomic mass is 79.9. The van der Waals surface area contributed by atoms with Crippen molar-refractivity contribution in [1.29, 1.82) is 0 Å². The SMILES string of the molecule is Clc1ccc(-c2cncnc2-c2cccc(Br)c2)cc1. The second-order valence-electron chi connectivity index (χ2n) is 4.30. The Morgan fingerprint density at radius 1 is 0.950 bits per heavy atom. The molecule has 0 N–H and O–H groups in total. The van der Waals surface area contributed by atoms with Crippen LogP contribution in [-0.4, -0.2) is 9.97 Å².